The Balaban J connectivity index is 2.80. The second-order valence-electron chi connectivity index (χ2n) is 5.13. The van der Waals surface area contributed by atoms with Crippen LogP contribution < -0.4 is 5.32 Å². The summed E-state index contributed by atoms with van der Waals surface area (Å²) in [5, 5.41) is 11.8. The molecule has 1 atom stereocenters. The lowest BCUT2D eigenvalue weighted by Crippen LogP contribution is -2.37. The summed E-state index contributed by atoms with van der Waals surface area (Å²) in [6.07, 6.45) is 1.39. The monoisotopic (exact) mass is 293 g/mol. The zero-order chi connectivity index (χ0) is 15.1. The summed E-state index contributed by atoms with van der Waals surface area (Å²) >= 11 is 1.41. The molecule has 110 valence electrons. The molecule has 1 unspecified atom stereocenters. The molecule has 1 rings (SSSR count). The predicted molar refractivity (Wildman–Crippen MR) is 84.0 cm³/mol. The Morgan fingerprint density at radius 3 is 2.75 bits per heavy atom. The Labute approximate surface area is 125 Å². The number of hydrogen-bond donors (Lipinski definition) is 2. The molecule has 1 aromatic heterocycles. The van der Waals surface area contributed by atoms with Gasteiger partial charge in [-0.25, -0.2) is 0 Å². The van der Waals surface area contributed by atoms with E-state index >= 15 is 0 Å². The molecule has 4 heteroatoms. The van der Waals surface area contributed by atoms with Gasteiger partial charge in [-0.3, -0.25) is 4.79 Å². The molecule has 1 aromatic rings. The van der Waals surface area contributed by atoms with Crippen LogP contribution in [0.5, 0.6) is 0 Å². The number of rotatable bonds is 5. The van der Waals surface area contributed by atoms with Gasteiger partial charge in [-0.15, -0.1) is 11.3 Å². The van der Waals surface area contributed by atoms with E-state index in [1.165, 1.54) is 11.3 Å². The van der Waals surface area contributed by atoms with E-state index in [4.69, 9.17) is 5.11 Å². The Hall–Kier alpha value is -1.31. The first kappa shape index (κ1) is 16.7. The molecule has 0 spiro atoms. The minimum atomic E-state index is -0.0196. The molecule has 0 aliphatic rings. The predicted octanol–water partition coefficient (Wildman–Crippen LogP) is 2.95. The molecule has 0 saturated carbocycles. The summed E-state index contributed by atoms with van der Waals surface area (Å²) in [7, 11) is 0. The zero-order valence-corrected chi connectivity index (χ0v) is 13.4. The van der Waals surface area contributed by atoms with Crippen molar-refractivity contribution in [3.8, 4) is 11.8 Å². The fraction of sp³-hybridized carbons (Fsp3) is 0.562. The Morgan fingerprint density at radius 1 is 1.50 bits per heavy atom. The third-order valence-electron chi connectivity index (χ3n) is 3.14. The smallest absolute Gasteiger partial charge is 0.261 e. The number of aliphatic hydroxyl groups excluding tert-OH is 1. The number of amides is 1. The summed E-state index contributed by atoms with van der Waals surface area (Å²) in [5.74, 6) is 6.31. The summed E-state index contributed by atoms with van der Waals surface area (Å²) in [6.45, 7) is 8.32. The molecule has 0 fully saturated rings. The Kier molecular flexibility index (Phi) is 6.77. The maximum atomic E-state index is 12.2. The van der Waals surface area contributed by atoms with Crippen LogP contribution in [-0.4, -0.2) is 23.7 Å². The molecular weight excluding hydrogens is 270 g/mol. The molecule has 2 N–H and O–H groups in total. The van der Waals surface area contributed by atoms with Gasteiger partial charge in [0.2, 0.25) is 0 Å². The van der Waals surface area contributed by atoms with Gasteiger partial charge in [-0.2, -0.15) is 0 Å². The van der Waals surface area contributed by atoms with Gasteiger partial charge in [0.15, 0.2) is 0 Å². The summed E-state index contributed by atoms with van der Waals surface area (Å²) < 4.78 is 0. The van der Waals surface area contributed by atoms with Crippen LogP contribution in [0.15, 0.2) is 6.07 Å². The number of aliphatic hydroxyl groups is 1. The highest BCUT2D eigenvalue weighted by Gasteiger charge is 2.17. The van der Waals surface area contributed by atoms with E-state index in [2.05, 4.69) is 37.9 Å². The molecule has 1 heterocycles. The Morgan fingerprint density at radius 2 is 2.20 bits per heavy atom. The van der Waals surface area contributed by atoms with Gasteiger partial charge in [0.1, 0.15) is 0 Å². The van der Waals surface area contributed by atoms with Crippen LogP contribution in [-0.2, 0) is 0 Å². The number of nitrogens with one attached hydrogen (secondary N) is 1. The van der Waals surface area contributed by atoms with Crippen molar-refractivity contribution in [2.24, 2.45) is 5.92 Å². The zero-order valence-electron chi connectivity index (χ0n) is 12.6. The molecule has 1 amide bonds. The normalized spacial score (nSPS) is 11.9. The highest BCUT2D eigenvalue weighted by Crippen LogP contribution is 2.21. The van der Waals surface area contributed by atoms with Gasteiger partial charge >= 0.3 is 0 Å². The van der Waals surface area contributed by atoms with Gasteiger partial charge in [0.05, 0.1) is 16.4 Å². The topological polar surface area (TPSA) is 49.3 Å². The van der Waals surface area contributed by atoms with Gasteiger partial charge in [-0.1, -0.05) is 32.6 Å². The van der Waals surface area contributed by atoms with Crippen molar-refractivity contribution in [3.05, 3.63) is 21.4 Å². The molecule has 0 radical (unpaired) electrons. The average Bonchev–Trinajstić information content (AvgIpc) is 2.77. The van der Waals surface area contributed by atoms with E-state index in [1.54, 1.807) is 0 Å². The maximum Gasteiger partial charge on any atom is 0.261 e. The first-order valence-electron chi connectivity index (χ1n) is 7.00. The molecule has 0 aliphatic carbocycles. The first-order valence-corrected chi connectivity index (χ1v) is 7.82. The van der Waals surface area contributed by atoms with Crippen molar-refractivity contribution in [1.82, 2.24) is 5.32 Å². The standard InChI is InChI=1S/C16H23NO2S/c1-5-13(11(2)3)17-16(19)15-10-12(4)14(20-15)8-6-7-9-18/h10-11,13,18H,5,7,9H2,1-4H3,(H,17,19). The number of carbonyl (C=O) groups is 1. The lowest BCUT2D eigenvalue weighted by molar-refractivity contribution is 0.0928. The van der Waals surface area contributed by atoms with E-state index in [1.807, 2.05) is 13.0 Å². The molecule has 3 nitrogen and oxygen atoms in total. The van der Waals surface area contributed by atoms with Gasteiger partial charge in [0, 0.05) is 12.5 Å². The molecule has 0 aliphatic heterocycles. The van der Waals surface area contributed by atoms with Crippen molar-refractivity contribution < 1.29 is 9.90 Å². The minimum absolute atomic E-state index is 0.0196. The van der Waals surface area contributed by atoms with Crippen molar-refractivity contribution in [2.45, 2.75) is 46.6 Å². The SMILES string of the molecule is CCC(NC(=O)c1cc(C)c(C#CCCO)s1)C(C)C. The second kappa shape index (κ2) is 8.08. The van der Waals surface area contributed by atoms with Crippen molar-refractivity contribution in [3.63, 3.8) is 0 Å². The van der Waals surface area contributed by atoms with Crippen LogP contribution in [0.2, 0.25) is 0 Å². The van der Waals surface area contributed by atoms with E-state index in [-0.39, 0.29) is 18.6 Å². The first-order chi connectivity index (χ1) is 9.49. The summed E-state index contributed by atoms with van der Waals surface area (Å²) in [5.41, 5.74) is 1.02. The van der Waals surface area contributed by atoms with Crippen LogP contribution in [0.4, 0.5) is 0 Å². The number of thiophene rings is 1. The number of aryl methyl sites for hydroxylation is 1. The van der Waals surface area contributed by atoms with Gasteiger partial charge in [0.25, 0.3) is 5.91 Å². The minimum Gasteiger partial charge on any atom is -0.395 e. The average molecular weight is 293 g/mol. The van der Waals surface area contributed by atoms with Crippen LogP contribution >= 0.6 is 11.3 Å². The second-order valence-corrected chi connectivity index (χ2v) is 6.18. The summed E-state index contributed by atoms with van der Waals surface area (Å²) in [6, 6.07) is 2.09. The van der Waals surface area contributed by atoms with E-state index in [0.717, 1.165) is 16.9 Å². The molecule has 0 aromatic carbocycles. The van der Waals surface area contributed by atoms with E-state index in [0.29, 0.717) is 17.2 Å². The number of hydrogen-bond acceptors (Lipinski definition) is 3. The Bertz CT molecular complexity index is 508. The van der Waals surface area contributed by atoms with Crippen LogP contribution in [0.25, 0.3) is 0 Å². The third-order valence-corrected chi connectivity index (χ3v) is 4.29. The molecule has 0 bridgehead atoms. The van der Waals surface area contributed by atoms with Gasteiger partial charge < -0.3 is 10.4 Å². The number of carbonyl (C=O) groups excluding carboxylic acids is 1. The van der Waals surface area contributed by atoms with E-state index in [9.17, 15) is 4.79 Å². The van der Waals surface area contributed by atoms with E-state index < -0.39 is 0 Å². The van der Waals surface area contributed by atoms with Crippen molar-refractivity contribution in [2.75, 3.05) is 6.61 Å². The highest BCUT2D eigenvalue weighted by atomic mass is 32.1. The van der Waals surface area contributed by atoms with Gasteiger partial charge in [-0.05, 0) is 30.9 Å². The molecule has 20 heavy (non-hydrogen) atoms. The van der Waals surface area contributed by atoms with Crippen LogP contribution in [0, 0.1) is 24.7 Å². The molecular formula is C16H23NO2S. The molecule has 0 saturated heterocycles. The largest absolute Gasteiger partial charge is 0.395 e. The van der Waals surface area contributed by atoms with Crippen molar-refractivity contribution in [1.29, 1.82) is 0 Å². The lowest BCUT2D eigenvalue weighted by Gasteiger charge is -2.20. The van der Waals surface area contributed by atoms with Crippen LogP contribution in [0.3, 0.4) is 0 Å². The fourth-order valence-corrected chi connectivity index (χ4v) is 2.85. The fourth-order valence-electron chi connectivity index (χ4n) is 1.90. The van der Waals surface area contributed by atoms with Crippen LogP contribution in [0.1, 0.15) is 53.7 Å². The highest BCUT2D eigenvalue weighted by molar-refractivity contribution is 7.14. The third kappa shape index (κ3) is 4.66. The van der Waals surface area contributed by atoms with Crippen molar-refractivity contribution >= 4 is 17.2 Å². The quantitative estimate of drug-likeness (QED) is 0.820. The lowest BCUT2D eigenvalue weighted by atomic mass is 10.0. The maximum absolute atomic E-state index is 12.2. The summed E-state index contributed by atoms with van der Waals surface area (Å²) in [4.78, 5) is 13.8.